The Morgan fingerprint density at radius 3 is 2.68 bits per heavy atom. The van der Waals surface area contributed by atoms with Crippen molar-refractivity contribution in [3.05, 3.63) is 69.8 Å². The molecule has 2 aromatic carbocycles. The summed E-state index contributed by atoms with van der Waals surface area (Å²) in [6, 6.07) is 16.2. The lowest BCUT2D eigenvalue weighted by Crippen LogP contribution is -2.10. The van der Waals surface area contributed by atoms with Gasteiger partial charge in [-0.25, -0.2) is 4.98 Å². The number of fused-ring (bicyclic) bond motifs is 1. The predicted molar refractivity (Wildman–Crippen MR) is 97.4 cm³/mol. The molecule has 0 amide bonds. The lowest BCUT2D eigenvalue weighted by atomic mass is 9.97. The third-order valence-electron chi connectivity index (χ3n) is 4.79. The van der Waals surface area contributed by atoms with Crippen LogP contribution >= 0.6 is 0 Å². The molecule has 1 aliphatic rings. The van der Waals surface area contributed by atoms with Crippen molar-refractivity contribution in [2.24, 2.45) is 0 Å². The molecule has 0 atom stereocenters. The summed E-state index contributed by atoms with van der Waals surface area (Å²) in [5.41, 5.74) is 3.45. The second kappa shape index (κ2) is 5.75. The van der Waals surface area contributed by atoms with E-state index < -0.39 is 0 Å². The van der Waals surface area contributed by atoms with Crippen LogP contribution in [-0.4, -0.2) is 9.97 Å². The molecule has 4 rings (SSSR count). The van der Waals surface area contributed by atoms with Gasteiger partial charge in [-0.15, -0.1) is 0 Å². The van der Waals surface area contributed by atoms with E-state index in [4.69, 9.17) is 0 Å². The molecule has 0 spiro atoms. The zero-order valence-electron chi connectivity index (χ0n) is 14.0. The topological polar surface area (TPSA) is 81.6 Å². The molecular formula is C20H18N4O. The molecule has 1 saturated carbocycles. The maximum Gasteiger partial charge on any atom is 0.258 e. The molecule has 3 aromatic rings. The van der Waals surface area contributed by atoms with Crippen LogP contribution in [0.3, 0.4) is 0 Å². The summed E-state index contributed by atoms with van der Waals surface area (Å²) in [5.74, 6) is 0.615. The molecule has 2 N–H and O–H groups in total. The van der Waals surface area contributed by atoms with E-state index >= 15 is 0 Å². The van der Waals surface area contributed by atoms with Crippen molar-refractivity contribution in [2.75, 3.05) is 5.32 Å². The zero-order valence-corrected chi connectivity index (χ0v) is 14.0. The van der Waals surface area contributed by atoms with Gasteiger partial charge in [0.25, 0.3) is 5.56 Å². The second-order valence-electron chi connectivity index (χ2n) is 6.63. The first kappa shape index (κ1) is 15.4. The van der Waals surface area contributed by atoms with Crippen molar-refractivity contribution >= 4 is 16.6 Å². The molecule has 0 unspecified atom stereocenters. The van der Waals surface area contributed by atoms with E-state index in [-0.39, 0.29) is 11.0 Å². The van der Waals surface area contributed by atoms with E-state index in [1.54, 1.807) is 6.92 Å². The minimum absolute atomic E-state index is 0.123. The van der Waals surface area contributed by atoms with Gasteiger partial charge >= 0.3 is 0 Å². The summed E-state index contributed by atoms with van der Waals surface area (Å²) in [5, 5.41) is 13.2. The number of nitrogens with zero attached hydrogens (tertiary/aromatic N) is 2. The molecule has 1 fully saturated rings. The highest BCUT2D eigenvalue weighted by molar-refractivity contribution is 5.81. The normalized spacial score (nSPS) is 14.9. The molecular weight excluding hydrogens is 312 g/mol. The number of H-pyrrole nitrogens is 1. The Labute approximate surface area is 145 Å². The Balaban J connectivity index is 1.51. The van der Waals surface area contributed by atoms with Crippen LogP contribution in [-0.2, 0) is 12.0 Å². The number of benzene rings is 2. The van der Waals surface area contributed by atoms with Crippen LogP contribution < -0.4 is 10.9 Å². The average molecular weight is 330 g/mol. The molecule has 0 aliphatic heterocycles. The van der Waals surface area contributed by atoms with Crippen LogP contribution in [0.4, 0.5) is 5.69 Å². The van der Waals surface area contributed by atoms with Crippen molar-refractivity contribution in [3.8, 4) is 6.07 Å². The Morgan fingerprint density at radius 2 is 2.00 bits per heavy atom. The highest BCUT2D eigenvalue weighted by atomic mass is 16.1. The second-order valence-corrected chi connectivity index (χ2v) is 6.63. The third kappa shape index (κ3) is 2.87. The van der Waals surface area contributed by atoms with Gasteiger partial charge in [0.15, 0.2) is 0 Å². The number of hydrogen-bond donors (Lipinski definition) is 2. The van der Waals surface area contributed by atoms with Crippen LogP contribution in [0, 0.1) is 18.3 Å². The number of aromatic nitrogens is 2. The van der Waals surface area contributed by atoms with E-state index in [9.17, 15) is 10.1 Å². The number of rotatable bonds is 4. The summed E-state index contributed by atoms with van der Waals surface area (Å²) < 4.78 is 0. The summed E-state index contributed by atoms with van der Waals surface area (Å²) in [7, 11) is 0. The van der Waals surface area contributed by atoms with Crippen molar-refractivity contribution < 1.29 is 0 Å². The molecule has 124 valence electrons. The fraction of sp³-hybridized carbons (Fsp3) is 0.250. The molecule has 25 heavy (non-hydrogen) atoms. The standard InChI is InChI=1S/C20H18N4O/c1-13-23-18-7-6-16(10-17(18)19(25)24-13)22-11-14-2-4-15(5-3-14)20(12-21)8-9-20/h2-7,10,22H,8-9,11H2,1H3,(H,23,24,25). The van der Waals surface area contributed by atoms with E-state index in [2.05, 4.69) is 33.5 Å². The number of hydrogen-bond acceptors (Lipinski definition) is 4. The average Bonchev–Trinajstić information content (AvgIpc) is 3.42. The van der Waals surface area contributed by atoms with Crippen molar-refractivity contribution in [3.63, 3.8) is 0 Å². The van der Waals surface area contributed by atoms with Crippen molar-refractivity contribution in [1.29, 1.82) is 5.26 Å². The molecule has 1 heterocycles. The highest BCUT2D eigenvalue weighted by Gasteiger charge is 2.44. The fourth-order valence-electron chi connectivity index (χ4n) is 3.10. The van der Waals surface area contributed by atoms with Gasteiger partial charge in [0.2, 0.25) is 0 Å². The minimum atomic E-state index is -0.240. The van der Waals surface area contributed by atoms with Gasteiger partial charge in [0.05, 0.1) is 22.4 Å². The smallest absolute Gasteiger partial charge is 0.258 e. The Kier molecular flexibility index (Phi) is 3.54. The lowest BCUT2D eigenvalue weighted by Gasteiger charge is -2.10. The number of aromatic amines is 1. The van der Waals surface area contributed by atoms with Gasteiger partial charge in [0.1, 0.15) is 5.82 Å². The van der Waals surface area contributed by atoms with Crippen LogP contribution in [0.1, 0.15) is 29.8 Å². The Hall–Kier alpha value is -3.13. The van der Waals surface area contributed by atoms with Crippen LogP contribution in [0.25, 0.3) is 10.9 Å². The largest absolute Gasteiger partial charge is 0.381 e. The minimum Gasteiger partial charge on any atom is -0.381 e. The van der Waals surface area contributed by atoms with E-state index in [0.29, 0.717) is 23.3 Å². The van der Waals surface area contributed by atoms with E-state index in [0.717, 1.165) is 29.7 Å². The molecule has 5 heteroatoms. The van der Waals surface area contributed by atoms with E-state index in [1.807, 2.05) is 30.3 Å². The highest BCUT2D eigenvalue weighted by Crippen LogP contribution is 2.47. The fourth-order valence-corrected chi connectivity index (χ4v) is 3.10. The van der Waals surface area contributed by atoms with Crippen LogP contribution in [0.15, 0.2) is 47.3 Å². The zero-order chi connectivity index (χ0) is 17.4. The number of nitrogens with one attached hydrogen (secondary N) is 2. The van der Waals surface area contributed by atoms with Gasteiger partial charge in [-0.05, 0) is 49.1 Å². The van der Waals surface area contributed by atoms with Crippen molar-refractivity contribution in [2.45, 2.75) is 31.7 Å². The van der Waals surface area contributed by atoms with Crippen LogP contribution in [0.2, 0.25) is 0 Å². The van der Waals surface area contributed by atoms with Crippen LogP contribution in [0.5, 0.6) is 0 Å². The summed E-state index contributed by atoms with van der Waals surface area (Å²) in [4.78, 5) is 19.1. The molecule has 0 saturated heterocycles. The molecule has 0 bridgehead atoms. The summed E-state index contributed by atoms with van der Waals surface area (Å²) >= 11 is 0. The first-order valence-electron chi connectivity index (χ1n) is 8.35. The summed E-state index contributed by atoms with van der Waals surface area (Å²) in [6.45, 7) is 2.43. The first-order chi connectivity index (χ1) is 12.1. The molecule has 0 radical (unpaired) electrons. The van der Waals surface area contributed by atoms with Gasteiger partial charge < -0.3 is 10.3 Å². The van der Waals surface area contributed by atoms with Gasteiger partial charge in [-0.2, -0.15) is 5.26 Å². The first-order valence-corrected chi connectivity index (χ1v) is 8.35. The quantitative estimate of drug-likeness (QED) is 0.768. The molecule has 1 aliphatic carbocycles. The van der Waals surface area contributed by atoms with Gasteiger partial charge in [-0.1, -0.05) is 24.3 Å². The molecule has 5 nitrogen and oxygen atoms in total. The lowest BCUT2D eigenvalue weighted by molar-refractivity contribution is 0.906. The maximum atomic E-state index is 12.0. The number of anilines is 1. The number of aryl methyl sites for hydroxylation is 1. The Morgan fingerprint density at radius 1 is 1.24 bits per heavy atom. The number of nitriles is 1. The van der Waals surface area contributed by atoms with E-state index in [1.165, 1.54) is 0 Å². The van der Waals surface area contributed by atoms with Crippen molar-refractivity contribution in [1.82, 2.24) is 9.97 Å². The Bertz CT molecular complexity index is 1040. The van der Waals surface area contributed by atoms with Gasteiger partial charge in [-0.3, -0.25) is 4.79 Å². The third-order valence-corrected chi connectivity index (χ3v) is 4.79. The maximum absolute atomic E-state index is 12.0. The summed E-state index contributed by atoms with van der Waals surface area (Å²) in [6.07, 6.45) is 1.92. The molecule has 1 aromatic heterocycles. The SMILES string of the molecule is Cc1nc2ccc(NCc3ccc(C4(C#N)CC4)cc3)cc2c(=O)[nH]1. The predicted octanol–water partition coefficient (Wildman–Crippen LogP) is 3.40. The monoisotopic (exact) mass is 330 g/mol. The van der Waals surface area contributed by atoms with Gasteiger partial charge in [0, 0.05) is 12.2 Å².